The molecular weight excluding hydrogens is 258 g/mol. The van der Waals surface area contributed by atoms with Crippen LogP contribution in [0.25, 0.3) is 0 Å². The van der Waals surface area contributed by atoms with E-state index in [1.165, 1.54) is 25.7 Å². The predicted molar refractivity (Wildman–Crippen MR) is 77.4 cm³/mol. The van der Waals surface area contributed by atoms with Crippen molar-refractivity contribution in [2.45, 2.75) is 44.0 Å². The van der Waals surface area contributed by atoms with Gasteiger partial charge in [-0.05, 0) is 49.3 Å². The molecule has 1 amide bonds. The van der Waals surface area contributed by atoms with Gasteiger partial charge in [-0.25, -0.2) is 0 Å². The van der Waals surface area contributed by atoms with Gasteiger partial charge in [0.05, 0.1) is 0 Å². The van der Waals surface area contributed by atoms with E-state index in [0.29, 0.717) is 11.9 Å². The Labute approximate surface area is 119 Å². The van der Waals surface area contributed by atoms with E-state index in [9.17, 15) is 4.79 Å². The van der Waals surface area contributed by atoms with Crippen molar-refractivity contribution in [2.75, 3.05) is 6.54 Å². The number of hydrogen-bond acceptors (Lipinski definition) is 1. The van der Waals surface area contributed by atoms with Crippen LogP contribution in [0, 0.1) is 5.92 Å². The van der Waals surface area contributed by atoms with Crippen molar-refractivity contribution in [3.05, 3.63) is 35.4 Å². The second kappa shape index (κ2) is 5.54. The molecule has 2 aliphatic rings. The van der Waals surface area contributed by atoms with Crippen LogP contribution >= 0.6 is 11.6 Å². The van der Waals surface area contributed by atoms with Crippen LogP contribution in [-0.4, -0.2) is 23.4 Å². The van der Waals surface area contributed by atoms with Gasteiger partial charge in [0.2, 0.25) is 0 Å². The number of halogens is 1. The van der Waals surface area contributed by atoms with Crippen LogP contribution in [0.2, 0.25) is 0 Å². The van der Waals surface area contributed by atoms with Crippen molar-refractivity contribution in [1.82, 2.24) is 4.90 Å². The Balaban J connectivity index is 1.82. The van der Waals surface area contributed by atoms with Gasteiger partial charge in [0.1, 0.15) is 0 Å². The minimum Gasteiger partial charge on any atom is -0.335 e. The molecule has 1 heterocycles. The third-order valence-electron chi connectivity index (χ3n) is 4.58. The van der Waals surface area contributed by atoms with Crippen molar-refractivity contribution in [1.29, 1.82) is 0 Å². The Bertz CT molecular complexity index is 474. The van der Waals surface area contributed by atoms with Gasteiger partial charge in [-0.3, -0.25) is 4.79 Å². The van der Waals surface area contributed by atoms with Gasteiger partial charge in [-0.15, -0.1) is 11.6 Å². The number of hydrogen-bond donors (Lipinski definition) is 0. The van der Waals surface area contributed by atoms with Crippen molar-refractivity contribution in [3.63, 3.8) is 0 Å². The highest BCUT2D eigenvalue weighted by Gasteiger charge is 2.37. The minimum absolute atomic E-state index is 0.198. The molecular formula is C16H20ClNO. The largest absolute Gasteiger partial charge is 0.335 e. The summed E-state index contributed by atoms with van der Waals surface area (Å²) >= 11 is 5.85. The summed E-state index contributed by atoms with van der Waals surface area (Å²) in [5, 5.41) is 0. The lowest BCUT2D eigenvalue weighted by atomic mass is 9.91. The molecule has 0 radical (unpaired) electrons. The van der Waals surface area contributed by atoms with Crippen LogP contribution in [-0.2, 0) is 5.88 Å². The van der Waals surface area contributed by atoms with Crippen LogP contribution in [0.5, 0.6) is 0 Å². The molecule has 1 aromatic rings. The Morgan fingerprint density at radius 2 is 2.11 bits per heavy atom. The fourth-order valence-corrected chi connectivity index (χ4v) is 3.83. The third kappa shape index (κ3) is 2.51. The average Bonchev–Trinajstić information content (AvgIpc) is 2.95. The fourth-order valence-electron chi connectivity index (χ4n) is 3.66. The van der Waals surface area contributed by atoms with Gasteiger partial charge in [-0.2, -0.15) is 0 Å². The number of benzene rings is 1. The lowest BCUT2D eigenvalue weighted by molar-refractivity contribution is 0.0548. The molecule has 2 atom stereocenters. The normalized spacial score (nSPS) is 26.3. The van der Waals surface area contributed by atoms with E-state index in [0.717, 1.165) is 30.0 Å². The predicted octanol–water partition coefficient (Wildman–Crippen LogP) is 3.83. The summed E-state index contributed by atoms with van der Waals surface area (Å²) in [4.78, 5) is 14.8. The first-order valence-electron chi connectivity index (χ1n) is 7.25. The Morgan fingerprint density at radius 3 is 2.95 bits per heavy atom. The summed E-state index contributed by atoms with van der Waals surface area (Å²) in [6, 6.07) is 8.24. The van der Waals surface area contributed by atoms with Crippen LogP contribution in [0.3, 0.4) is 0 Å². The Kier molecular flexibility index (Phi) is 3.79. The molecule has 1 saturated heterocycles. The molecule has 2 unspecified atom stereocenters. The lowest BCUT2D eigenvalue weighted by Crippen LogP contribution is -2.46. The molecule has 1 saturated carbocycles. The summed E-state index contributed by atoms with van der Waals surface area (Å²) in [7, 11) is 0. The number of nitrogens with zero attached hydrogens (tertiary/aromatic N) is 1. The van der Waals surface area contributed by atoms with Gasteiger partial charge in [0, 0.05) is 24.0 Å². The minimum atomic E-state index is 0.198. The molecule has 0 bridgehead atoms. The summed E-state index contributed by atoms with van der Waals surface area (Å²) in [6.07, 6.45) is 6.22. The van der Waals surface area contributed by atoms with Crippen LogP contribution < -0.4 is 0 Å². The zero-order valence-corrected chi connectivity index (χ0v) is 11.9. The monoisotopic (exact) mass is 277 g/mol. The number of rotatable bonds is 2. The van der Waals surface area contributed by atoms with Crippen LogP contribution in [0.4, 0.5) is 0 Å². The second-order valence-electron chi connectivity index (χ2n) is 5.73. The van der Waals surface area contributed by atoms with E-state index >= 15 is 0 Å². The molecule has 0 aromatic heterocycles. The number of alkyl halides is 1. The zero-order valence-electron chi connectivity index (χ0n) is 11.1. The van der Waals surface area contributed by atoms with Gasteiger partial charge in [0.25, 0.3) is 5.91 Å². The molecule has 3 rings (SSSR count). The molecule has 1 aliphatic heterocycles. The lowest BCUT2D eigenvalue weighted by Gasteiger charge is -2.38. The van der Waals surface area contributed by atoms with E-state index in [2.05, 4.69) is 4.90 Å². The van der Waals surface area contributed by atoms with Gasteiger partial charge >= 0.3 is 0 Å². The molecule has 0 N–H and O–H groups in total. The van der Waals surface area contributed by atoms with E-state index < -0.39 is 0 Å². The number of amides is 1. The van der Waals surface area contributed by atoms with Crippen LogP contribution in [0.15, 0.2) is 24.3 Å². The number of piperidine rings is 1. The third-order valence-corrected chi connectivity index (χ3v) is 4.89. The number of carbonyl (C=O) groups excluding carboxylic acids is 1. The van der Waals surface area contributed by atoms with Crippen molar-refractivity contribution >= 4 is 17.5 Å². The number of fused-ring (bicyclic) bond motifs is 1. The first-order valence-corrected chi connectivity index (χ1v) is 7.79. The molecule has 3 heteroatoms. The van der Waals surface area contributed by atoms with Crippen molar-refractivity contribution < 1.29 is 4.79 Å². The molecule has 1 aromatic carbocycles. The second-order valence-corrected chi connectivity index (χ2v) is 6.00. The first-order chi connectivity index (χ1) is 9.29. The highest BCUT2D eigenvalue weighted by atomic mass is 35.5. The quantitative estimate of drug-likeness (QED) is 0.753. The molecule has 2 fully saturated rings. The maximum atomic E-state index is 12.7. The topological polar surface area (TPSA) is 20.3 Å². The SMILES string of the molecule is O=C(c1cccc(CCl)c1)N1CCCC2CCCC21. The molecule has 102 valence electrons. The van der Waals surface area contributed by atoms with Crippen LogP contribution in [0.1, 0.15) is 48.0 Å². The number of carbonyl (C=O) groups is 1. The highest BCUT2D eigenvalue weighted by Crippen LogP contribution is 2.37. The zero-order chi connectivity index (χ0) is 13.2. The summed E-state index contributed by atoms with van der Waals surface area (Å²) in [6.45, 7) is 0.922. The van der Waals surface area contributed by atoms with Gasteiger partial charge < -0.3 is 4.90 Å². The first kappa shape index (κ1) is 13.0. The van der Waals surface area contributed by atoms with Crippen molar-refractivity contribution in [3.8, 4) is 0 Å². The van der Waals surface area contributed by atoms with Crippen molar-refractivity contribution in [2.24, 2.45) is 5.92 Å². The van der Waals surface area contributed by atoms with E-state index in [1.54, 1.807) is 0 Å². The Morgan fingerprint density at radius 1 is 1.26 bits per heavy atom. The highest BCUT2D eigenvalue weighted by molar-refractivity contribution is 6.17. The van der Waals surface area contributed by atoms with Gasteiger partial charge in [-0.1, -0.05) is 18.6 Å². The molecule has 1 aliphatic carbocycles. The summed E-state index contributed by atoms with van der Waals surface area (Å²) in [5.74, 6) is 1.41. The summed E-state index contributed by atoms with van der Waals surface area (Å²) in [5.41, 5.74) is 1.82. The standard InChI is InChI=1S/C16H20ClNO/c17-11-12-4-1-6-14(10-12)16(19)18-9-3-7-13-5-2-8-15(13)18/h1,4,6,10,13,15H,2-3,5,7-9,11H2. The maximum Gasteiger partial charge on any atom is 0.254 e. The Hall–Kier alpha value is -1.02. The molecule has 19 heavy (non-hydrogen) atoms. The smallest absolute Gasteiger partial charge is 0.254 e. The number of likely N-dealkylation sites (tertiary alicyclic amines) is 1. The maximum absolute atomic E-state index is 12.7. The summed E-state index contributed by atoms with van der Waals surface area (Å²) < 4.78 is 0. The van der Waals surface area contributed by atoms with Gasteiger partial charge in [0.15, 0.2) is 0 Å². The van der Waals surface area contributed by atoms with E-state index in [4.69, 9.17) is 11.6 Å². The molecule has 0 spiro atoms. The van der Waals surface area contributed by atoms with E-state index in [1.807, 2.05) is 24.3 Å². The molecule has 2 nitrogen and oxygen atoms in total. The fraction of sp³-hybridized carbons (Fsp3) is 0.562. The average molecular weight is 278 g/mol. The van der Waals surface area contributed by atoms with E-state index in [-0.39, 0.29) is 5.91 Å².